The number of hydrogen-bond acceptors (Lipinski definition) is 5. The molecule has 1 saturated heterocycles. The van der Waals surface area contributed by atoms with Crippen molar-refractivity contribution >= 4 is 28.5 Å². The molecule has 8 heteroatoms. The maximum absolute atomic E-state index is 13.6. The van der Waals surface area contributed by atoms with Crippen molar-refractivity contribution in [3.8, 4) is 0 Å². The Hall–Kier alpha value is -3.75. The molecule has 0 aromatic heterocycles. The van der Waals surface area contributed by atoms with Crippen LogP contribution in [0.25, 0.3) is 10.8 Å². The van der Waals surface area contributed by atoms with Crippen molar-refractivity contribution in [1.29, 1.82) is 0 Å². The van der Waals surface area contributed by atoms with Crippen LogP contribution in [-0.4, -0.2) is 66.5 Å². The van der Waals surface area contributed by atoms with E-state index in [0.717, 1.165) is 34.7 Å². The summed E-state index contributed by atoms with van der Waals surface area (Å²) in [6.07, 6.45) is 2.44. The van der Waals surface area contributed by atoms with Gasteiger partial charge in [-0.3, -0.25) is 14.4 Å². The van der Waals surface area contributed by atoms with Gasteiger partial charge in [-0.15, -0.1) is 0 Å². The van der Waals surface area contributed by atoms with Crippen LogP contribution in [0.4, 0.5) is 0 Å². The van der Waals surface area contributed by atoms with Gasteiger partial charge in [-0.05, 0) is 61.6 Å². The molecule has 1 aliphatic rings. The van der Waals surface area contributed by atoms with Gasteiger partial charge in [0.2, 0.25) is 17.7 Å². The largest absolute Gasteiger partial charge is 0.370 e. The molecule has 0 saturated carbocycles. The van der Waals surface area contributed by atoms with Crippen molar-refractivity contribution in [1.82, 2.24) is 20.9 Å². The Morgan fingerprint density at radius 1 is 0.889 bits per heavy atom. The summed E-state index contributed by atoms with van der Waals surface area (Å²) in [5.74, 6) is -0.544. The number of nitrogens with zero attached hydrogens (tertiary/aromatic N) is 1. The maximum atomic E-state index is 13.6. The Morgan fingerprint density at radius 3 is 2.33 bits per heavy atom. The highest BCUT2D eigenvalue weighted by molar-refractivity contribution is 5.93. The van der Waals surface area contributed by atoms with Crippen LogP contribution in [0, 0.1) is 5.41 Å². The first-order valence-electron chi connectivity index (χ1n) is 16.2. The monoisotopic (exact) mass is 614 g/mol. The van der Waals surface area contributed by atoms with Crippen LogP contribution >= 0.6 is 0 Å². The molecule has 45 heavy (non-hydrogen) atoms. The third-order valence-corrected chi connectivity index (χ3v) is 8.20. The third kappa shape index (κ3) is 10.1. The van der Waals surface area contributed by atoms with Gasteiger partial charge in [-0.2, -0.15) is 0 Å². The minimum Gasteiger partial charge on any atom is -0.370 e. The van der Waals surface area contributed by atoms with Gasteiger partial charge in [0.1, 0.15) is 12.1 Å². The van der Waals surface area contributed by atoms with Crippen molar-refractivity contribution < 1.29 is 19.1 Å². The van der Waals surface area contributed by atoms with E-state index < -0.39 is 17.5 Å². The van der Waals surface area contributed by atoms with Gasteiger partial charge in [0.05, 0.1) is 12.2 Å². The zero-order valence-electron chi connectivity index (χ0n) is 27.5. The number of ether oxygens (including phenoxy) is 1. The number of nitrogens with one attached hydrogen (secondary N) is 3. The maximum Gasteiger partial charge on any atom is 0.243 e. The fourth-order valence-corrected chi connectivity index (χ4v) is 5.63. The van der Waals surface area contributed by atoms with E-state index >= 15 is 0 Å². The summed E-state index contributed by atoms with van der Waals surface area (Å²) in [6, 6.07) is 23.0. The molecule has 4 rings (SSSR count). The van der Waals surface area contributed by atoms with E-state index in [2.05, 4.69) is 54.1 Å². The highest BCUT2D eigenvalue weighted by Crippen LogP contribution is 2.26. The van der Waals surface area contributed by atoms with Crippen LogP contribution < -0.4 is 16.0 Å². The van der Waals surface area contributed by atoms with Crippen LogP contribution in [0.15, 0.2) is 72.8 Å². The first-order valence-corrected chi connectivity index (χ1v) is 16.2. The standard InChI is InChI=1S/C37H50N4O4/c1-36(2,3)35(44)41-22-11-17-32(41)34(43)40-31(24-28-18-19-29-15-9-10-16-30(29)23-28)33(42)39-21-12-20-38-26-37(4,5)45-25-27-13-7-6-8-14-27/h6-10,13-16,18-19,23,31-32,38H,11-12,17,20-22,24-26H2,1-5H3,(H,39,42)(H,40,43)/t31-,32?/m1/s1. The van der Waals surface area contributed by atoms with Crippen molar-refractivity contribution in [3.05, 3.63) is 83.9 Å². The Kier molecular flexibility index (Phi) is 11.8. The fourth-order valence-electron chi connectivity index (χ4n) is 5.63. The number of rotatable bonds is 14. The van der Waals surface area contributed by atoms with E-state index in [1.807, 2.05) is 69.3 Å². The molecule has 3 aromatic rings. The van der Waals surface area contributed by atoms with Crippen LogP contribution in [-0.2, 0) is 32.1 Å². The predicted molar refractivity (Wildman–Crippen MR) is 180 cm³/mol. The first kappa shape index (κ1) is 34.1. The summed E-state index contributed by atoms with van der Waals surface area (Å²) in [5.41, 5.74) is 1.18. The van der Waals surface area contributed by atoms with Crippen molar-refractivity contribution in [2.24, 2.45) is 5.41 Å². The Morgan fingerprint density at radius 2 is 1.60 bits per heavy atom. The Bertz CT molecular complexity index is 1430. The number of carbonyl (C=O) groups is 3. The second-order valence-electron chi connectivity index (χ2n) is 13.7. The number of hydrogen-bond donors (Lipinski definition) is 3. The summed E-state index contributed by atoms with van der Waals surface area (Å²) in [7, 11) is 0. The van der Waals surface area contributed by atoms with Gasteiger partial charge >= 0.3 is 0 Å². The lowest BCUT2D eigenvalue weighted by molar-refractivity contribution is -0.145. The third-order valence-electron chi connectivity index (χ3n) is 8.20. The smallest absolute Gasteiger partial charge is 0.243 e. The van der Waals surface area contributed by atoms with Crippen LogP contribution in [0.1, 0.15) is 65.0 Å². The summed E-state index contributed by atoms with van der Waals surface area (Å²) in [4.78, 5) is 41.8. The number of amides is 3. The molecule has 3 amide bonds. The minimum absolute atomic E-state index is 0.0446. The molecule has 1 fully saturated rings. The summed E-state index contributed by atoms with van der Waals surface area (Å²) in [5, 5.41) is 11.7. The average molecular weight is 615 g/mol. The van der Waals surface area contributed by atoms with Crippen LogP contribution in [0.3, 0.4) is 0 Å². The van der Waals surface area contributed by atoms with Crippen LogP contribution in [0.5, 0.6) is 0 Å². The van der Waals surface area contributed by atoms with Gasteiger partial charge in [0.25, 0.3) is 0 Å². The molecule has 0 bridgehead atoms. The SMILES string of the molecule is CC(C)(CNCCCNC(=O)[C@@H](Cc1ccc2ccccc2c1)NC(=O)C1CCCN1C(=O)C(C)(C)C)OCc1ccccc1. The van der Waals surface area contributed by atoms with Gasteiger partial charge in [0.15, 0.2) is 0 Å². The summed E-state index contributed by atoms with van der Waals surface area (Å²) >= 11 is 0. The molecule has 2 atom stereocenters. The number of likely N-dealkylation sites (tertiary alicyclic amines) is 1. The van der Waals surface area contributed by atoms with Crippen molar-refractivity contribution in [3.63, 3.8) is 0 Å². The lowest BCUT2D eigenvalue weighted by Crippen LogP contribution is -2.55. The normalized spacial score (nSPS) is 16.0. The molecule has 0 aliphatic carbocycles. The van der Waals surface area contributed by atoms with Gasteiger partial charge < -0.3 is 25.6 Å². The predicted octanol–water partition coefficient (Wildman–Crippen LogP) is 5.00. The molecule has 8 nitrogen and oxygen atoms in total. The molecular formula is C37H50N4O4. The van der Waals surface area contributed by atoms with E-state index in [0.29, 0.717) is 45.6 Å². The van der Waals surface area contributed by atoms with E-state index in [1.165, 1.54) is 0 Å². The van der Waals surface area contributed by atoms with E-state index in [-0.39, 0.29) is 23.3 Å². The average Bonchev–Trinajstić information content (AvgIpc) is 3.51. The number of benzene rings is 3. The molecular weight excluding hydrogens is 564 g/mol. The molecule has 0 spiro atoms. The summed E-state index contributed by atoms with van der Waals surface area (Å²) < 4.78 is 6.10. The second-order valence-corrected chi connectivity index (χ2v) is 13.7. The highest BCUT2D eigenvalue weighted by Gasteiger charge is 2.39. The van der Waals surface area contributed by atoms with Crippen molar-refractivity contribution in [2.45, 2.75) is 84.6 Å². The van der Waals surface area contributed by atoms with Gasteiger partial charge in [-0.25, -0.2) is 0 Å². The Labute approximate surface area is 268 Å². The minimum atomic E-state index is -0.760. The molecule has 1 aliphatic heterocycles. The molecule has 1 unspecified atom stereocenters. The van der Waals surface area contributed by atoms with Crippen LogP contribution in [0.2, 0.25) is 0 Å². The summed E-state index contributed by atoms with van der Waals surface area (Å²) in [6.45, 7) is 12.7. The van der Waals surface area contributed by atoms with E-state index in [9.17, 15) is 14.4 Å². The zero-order valence-corrected chi connectivity index (χ0v) is 27.5. The zero-order chi connectivity index (χ0) is 32.5. The lowest BCUT2D eigenvalue weighted by atomic mass is 9.94. The van der Waals surface area contributed by atoms with E-state index in [4.69, 9.17) is 4.74 Å². The number of carbonyl (C=O) groups excluding carboxylic acids is 3. The highest BCUT2D eigenvalue weighted by atomic mass is 16.5. The fraction of sp³-hybridized carbons (Fsp3) is 0.486. The van der Waals surface area contributed by atoms with Gasteiger partial charge in [-0.1, -0.05) is 93.6 Å². The van der Waals surface area contributed by atoms with Gasteiger partial charge in [0, 0.05) is 31.5 Å². The second kappa shape index (κ2) is 15.5. The molecule has 3 N–H and O–H groups in total. The molecule has 0 radical (unpaired) electrons. The Balaban J connectivity index is 1.32. The quantitative estimate of drug-likeness (QED) is 0.222. The lowest BCUT2D eigenvalue weighted by Gasteiger charge is -2.31. The molecule has 242 valence electrons. The molecule has 3 aromatic carbocycles. The number of fused-ring (bicyclic) bond motifs is 1. The first-order chi connectivity index (χ1) is 21.4. The molecule has 1 heterocycles. The topological polar surface area (TPSA) is 99.8 Å². The van der Waals surface area contributed by atoms with Crippen molar-refractivity contribution in [2.75, 3.05) is 26.2 Å². The van der Waals surface area contributed by atoms with E-state index in [1.54, 1.807) is 4.90 Å².